The van der Waals surface area contributed by atoms with Gasteiger partial charge in [-0.05, 0) is 24.5 Å². The van der Waals surface area contributed by atoms with Crippen LogP contribution in [0, 0.1) is 5.92 Å². The predicted molar refractivity (Wildman–Crippen MR) is 133 cm³/mol. The van der Waals surface area contributed by atoms with E-state index in [-0.39, 0.29) is 11.3 Å². The largest absolute Gasteiger partial charge is 0.504 e. The molecule has 0 bridgehead atoms. The first-order valence-corrected chi connectivity index (χ1v) is 13.2. The van der Waals surface area contributed by atoms with Crippen molar-refractivity contribution >= 4 is 5.97 Å². The van der Waals surface area contributed by atoms with Crippen molar-refractivity contribution < 1.29 is 19.7 Å². The number of benzene rings is 1. The standard InChI is InChI=1S/C28H48O4/c1-3-24(2)20-17-15-13-11-9-7-5-4-6-8-10-12-14-16-18-23-32-28(31)25-21-19-22-26(29)27(25)30/h19,21-22,24,29-30H,3-18,20,23H2,1-2H3/t24-/m0/s1. The fraction of sp³-hybridized carbons (Fsp3) is 0.750. The molecular weight excluding hydrogens is 400 g/mol. The third-order valence-corrected chi connectivity index (χ3v) is 6.51. The van der Waals surface area contributed by atoms with E-state index >= 15 is 0 Å². The maximum atomic E-state index is 11.9. The molecule has 0 aromatic heterocycles. The lowest BCUT2D eigenvalue weighted by atomic mass is 9.99. The molecule has 0 aliphatic carbocycles. The van der Waals surface area contributed by atoms with E-state index in [1.165, 1.54) is 115 Å². The van der Waals surface area contributed by atoms with E-state index in [9.17, 15) is 15.0 Å². The fourth-order valence-corrected chi connectivity index (χ4v) is 4.04. The van der Waals surface area contributed by atoms with E-state index in [1.54, 1.807) is 0 Å². The average Bonchev–Trinajstić information content (AvgIpc) is 2.79. The monoisotopic (exact) mass is 448 g/mol. The van der Waals surface area contributed by atoms with Gasteiger partial charge in [-0.2, -0.15) is 0 Å². The average molecular weight is 449 g/mol. The van der Waals surface area contributed by atoms with Crippen LogP contribution in [0.1, 0.15) is 133 Å². The zero-order chi connectivity index (χ0) is 23.4. The number of rotatable bonds is 20. The highest BCUT2D eigenvalue weighted by molar-refractivity contribution is 5.93. The highest BCUT2D eigenvalue weighted by Crippen LogP contribution is 2.28. The van der Waals surface area contributed by atoms with Crippen molar-refractivity contribution in [2.75, 3.05) is 6.61 Å². The van der Waals surface area contributed by atoms with Crippen LogP contribution in [0.5, 0.6) is 11.5 Å². The highest BCUT2D eigenvalue weighted by atomic mass is 16.5. The second kappa shape index (κ2) is 18.8. The molecule has 1 atom stereocenters. The molecule has 2 N–H and O–H groups in total. The summed E-state index contributed by atoms with van der Waals surface area (Å²) in [4.78, 5) is 11.9. The Hall–Kier alpha value is -1.71. The number of carbonyl (C=O) groups is 1. The lowest BCUT2D eigenvalue weighted by molar-refractivity contribution is 0.0493. The van der Waals surface area contributed by atoms with Gasteiger partial charge in [-0.15, -0.1) is 0 Å². The van der Waals surface area contributed by atoms with Crippen molar-refractivity contribution in [3.63, 3.8) is 0 Å². The Morgan fingerprint density at radius 1 is 0.781 bits per heavy atom. The minimum Gasteiger partial charge on any atom is -0.504 e. The summed E-state index contributed by atoms with van der Waals surface area (Å²) in [7, 11) is 0. The highest BCUT2D eigenvalue weighted by Gasteiger charge is 2.14. The Morgan fingerprint density at radius 2 is 1.25 bits per heavy atom. The van der Waals surface area contributed by atoms with Gasteiger partial charge in [0, 0.05) is 0 Å². The van der Waals surface area contributed by atoms with Crippen LogP contribution in [0.2, 0.25) is 0 Å². The van der Waals surface area contributed by atoms with E-state index in [0.717, 1.165) is 18.8 Å². The van der Waals surface area contributed by atoms with Crippen LogP contribution in [0.3, 0.4) is 0 Å². The lowest BCUT2D eigenvalue weighted by Gasteiger charge is -2.07. The van der Waals surface area contributed by atoms with Crippen molar-refractivity contribution in [3.8, 4) is 11.5 Å². The number of hydrogen-bond acceptors (Lipinski definition) is 4. The normalized spacial score (nSPS) is 12.1. The van der Waals surface area contributed by atoms with Gasteiger partial charge in [0.15, 0.2) is 11.5 Å². The van der Waals surface area contributed by atoms with Crippen molar-refractivity contribution in [1.29, 1.82) is 0 Å². The van der Waals surface area contributed by atoms with Crippen LogP contribution in [0.25, 0.3) is 0 Å². The predicted octanol–water partition coefficient (Wildman–Crippen LogP) is 8.54. The van der Waals surface area contributed by atoms with Crippen LogP contribution >= 0.6 is 0 Å². The summed E-state index contributed by atoms with van der Waals surface area (Å²) in [5, 5.41) is 19.1. The van der Waals surface area contributed by atoms with Crippen LogP contribution in [0.15, 0.2) is 18.2 Å². The number of esters is 1. The molecule has 0 radical (unpaired) electrons. The molecule has 1 rings (SSSR count). The van der Waals surface area contributed by atoms with Crippen LogP contribution in [0.4, 0.5) is 0 Å². The summed E-state index contributed by atoms with van der Waals surface area (Å²) >= 11 is 0. The molecule has 4 nitrogen and oxygen atoms in total. The zero-order valence-corrected chi connectivity index (χ0v) is 20.7. The van der Waals surface area contributed by atoms with E-state index in [2.05, 4.69) is 13.8 Å². The van der Waals surface area contributed by atoms with Crippen molar-refractivity contribution in [2.45, 2.75) is 123 Å². The maximum Gasteiger partial charge on any atom is 0.342 e. The van der Waals surface area contributed by atoms with Gasteiger partial charge in [-0.3, -0.25) is 0 Å². The SMILES string of the molecule is CC[C@H](C)CCCCCCCCCCCCCCCCCOC(=O)c1cccc(O)c1O. The molecule has 32 heavy (non-hydrogen) atoms. The van der Waals surface area contributed by atoms with Crippen LogP contribution < -0.4 is 0 Å². The van der Waals surface area contributed by atoms with Crippen molar-refractivity contribution in [1.82, 2.24) is 0 Å². The molecule has 0 fully saturated rings. The van der Waals surface area contributed by atoms with E-state index in [1.807, 2.05) is 0 Å². The smallest absolute Gasteiger partial charge is 0.342 e. The summed E-state index contributed by atoms with van der Waals surface area (Å²) in [6.07, 6.45) is 22.3. The summed E-state index contributed by atoms with van der Waals surface area (Å²) in [5.41, 5.74) is 0.0158. The van der Waals surface area contributed by atoms with Crippen molar-refractivity contribution in [3.05, 3.63) is 23.8 Å². The molecule has 184 valence electrons. The van der Waals surface area contributed by atoms with Gasteiger partial charge in [0.25, 0.3) is 0 Å². The summed E-state index contributed by atoms with van der Waals surface area (Å²) in [5.74, 6) is -0.389. The van der Waals surface area contributed by atoms with Crippen molar-refractivity contribution in [2.24, 2.45) is 5.92 Å². The van der Waals surface area contributed by atoms with Gasteiger partial charge >= 0.3 is 5.97 Å². The van der Waals surface area contributed by atoms with Crippen LogP contribution in [-0.2, 0) is 4.74 Å². The molecule has 0 aliphatic heterocycles. The van der Waals surface area contributed by atoms with Gasteiger partial charge < -0.3 is 14.9 Å². The summed E-state index contributed by atoms with van der Waals surface area (Å²) < 4.78 is 5.19. The lowest BCUT2D eigenvalue weighted by Crippen LogP contribution is -2.06. The van der Waals surface area contributed by atoms with Crippen LogP contribution in [-0.4, -0.2) is 22.8 Å². The third-order valence-electron chi connectivity index (χ3n) is 6.51. The minimum atomic E-state index is -0.583. The van der Waals surface area contributed by atoms with E-state index in [0.29, 0.717) is 6.61 Å². The van der Waals surface area contributed by atoms with E-state index in [4.69, 9.17) is 4.74 Å². The number of phenols is 2. The Bertz CT molecular complexity index is 599. The molecule has 0 saturated carbocycles. The van der Waals surface area contributed by atoms with Gasteiger partial charge in [0.1, 0.15) is 5.56 Å². The number of phenolic OH excluding ortho intramolecular Hbond substituents is 2. The Morgan fingerprint density at radius 3 is 1.75 bits per heavy atom. The Kier molecular flexibility index (Phi) is 16.7. The second-order valence-corrected chi connectivity index (χ2v) is 9.41. The third kappa shape index (κ3) is 13.6. The first-order chi connectivity index (χ1) is 15.6. The second-order valence-electron chi connectivity index (χ2n) is 9.41. The molecule has 4 heteroatoms. The first-order valence-electron chi connectivity index (χ1n) is 13.2. The quantitative estimate of drug-likeness (QED) is 0.119. The molecule has 0 aliphatic rings. The summed E-state index contributed by atoms with van der Waals surface area (Å²) in [6.45, 7) is 5.02. The number of para-hydroxylation sites is 1. The number of aromatic hydroxyl groups is 2. The van der Waals surface area contributed by atoms with Gasteiger partial charge in [0.05, 0.1) is 6.61 Å². The molecule has 0 saturated heterocycles. The first kappa shape index (κ1) is 28.3. The summed E-state index contributed by atoms with van der Waals surface area (Å²) in [6, 6.07) is 4.31. The Balaban J connectivity index is 1.81. The Labute approximate surface area is 196 Å². The molecular formula is C28H48O4. The maximum absolute atomic E-state index is 11.9. The van der Waals surface area contributed by atoms with Gasteiger partial charge in [-0.25, -0.2) is 4.79 Å². The fourth-order valence-electron chi connectivity index (χ4n) is 4.04. The molecule has 0 heterocycles. The minimum absolute atomic E-state index is 0.0158. The molecule has 0 unspecified atom stereocenters. The number of hydrogen-bond donors (Lipinski definition) is 2. The topological polar surface area (TPSA) is 66.8 Å². The van der Waals surface area contributed by atoms with E-state index < -0.39 is 11.7 Å². The molecule has 0 amide bonds. The number of carbonyl (C=O) groups excluding carboxylic acids is 1. The molecule has 1 aromatic carbocycles. The molecule has 0 spiro atoms. The number of unbranched alkanes of at least 4 members (excludes halogenated alkanes) is 14. The zero-order valence-electron chi connectivity index (χ0n) is 20.7. The molecule has 1 aromatic rings. The number of ether oxygens (including phenoxy) is 1. The van der Waals surface area contributed by atoms with Gasteiger partial charge in [0.2, 0.25) is 0 Å². The van der Waals surface area contributed by atoms with Gasteiger partial charge in [-0.1, -0.05) is 123 Å².